The third-order valence-corrected chi connectivity index (χ3v) is 2.09. The van der Waals surface area contributed by atoms with Gasteiger partial charge in [-0.05, 0) is 19.5 Å². The second-order valence-corrected chi connectivity index (χ2v) is 3.02. The molecule has 64 valence electrons. The molecule has 1 aliphatic heterocycles. The second-order valence-electron chi connectivity index (χ2n) is 3.02. The van der Waals surface area contributed by atoms with E-state index < -0.39 is 0 Å². The SMILES string of the molecule is NCCCN1CCC(=O)CC1. The predicted molar refractivity (Wildman–Crippen MR) is 44.4 cm³/mol. The molecule has 1 saturated heterocycles. The van der Waals surface area contributed by atoms with E-state index >= 15 is 0 Å². The molecule has 2 N–H and O–H groups in total. The van der Waals surface area contributed by atoms with Gasteiger partial charge in [-0.3, -0.25) is 4.79 Å². The summed E-state index contributed by atoms with van der Waals surface area (Å²) in [4.78, 5) is 13.1. The molecule has 0 atom stereocenters. The molecule has 0 radical (unpaired) electrons. The Morgan fingerprint density at radius 2 is 2.00 bits per heavy atom. The van der Waals surface area contributed by atoms with Gasteiger partial charge in [0.1, 0.15) is 5.78 Å². The summed E-state index contributed by atoms with van der Waals surface area (Å²) < 4.78 is 0. The number of ketones is 1. The summed E-state index contributed by atoms with van der Waals surface area (Å²) in [5, 5.41) is 0. The number of nitrogens with two attached hydrogens (primary N) is 1. The Morgan fingerprint density at radius 3 is 2.55 bits per heavy atom. The molecular formula is C8H16N2O. The van der Waals surface area contributed by atoms with E-state index in [2.05, 4.69) is 4.90 Å². The van der Waals surface area contributed by atoms with Crippen molar-refractivity contribution in [1.82, 2.24) is 4.90 Å². The van der Waals surface area contributed by atoms with Crippen molar-refractivity contribution in [1.29, 1.82) is 0 Å². The summed E-state index contributed by atoms with van der Waals surface area (Å²) in [6.45, 7) is 3.70. The normalized spacial score (nSPS) is 20.6. The van der Waals surface area contributed by atoms with Crippen LogP contribution in [-0.4, -0.2) is 36.9 Å². The first-order valence-corrected chi connectivity index (χ1v) is 4.27. The minimum absolute atomic E-state index is 0.411. The van der Waals surface area contributed by atoms with Crippen molar-refractivity contribution in [2.75, 3.05) is 26.2 Å². The first-order chi connectivity index (χ1) is 5.33. The molecule has 3 heteroatoms. The van der Waals surface area contributed by atoms with Crippen LogP contribution < -0.4 is 5.73 Å². The number of carbonyl (C=O) groups excluding carboxylic acids is 1. The maximum absolute atomic E-state index is 10.8. The van der Waals surface area contributed by atoms with E-state index in [4.69, 9.17) is 5.73 Å². The first-order valence-electron chi connectivity index (χ1n) is 4.27. The van der Waals surface area contributed by atoms with Crippen molar-refractivity contribution in [3.05, 3.63) is 0 Å². The molecule has 1 rings (SSSR count). The number of hydrogen-bond donors (Lipinski definition) is 1. The van der Waals surface area contributed by atoms with E-state index in [1.807, 2.05) is 0 Å². The summed E-state index contributed by atoms with van der Waals surface area (Å²) >= 11 is 0. The minimum Gasteiger partial charge on any atom is -0.330 e. The molecule has 3 nitrogen and oxygen atoms in total. The van der Waals surface area contributed by atoms with Crippen molar-refractivity contribution in [3.8, 4) is 0 Å². The number of nitrogens with zero attached hydrogens (tertiary/aromatic N) is 1. The Bertz CT molecular complexity index is 126. The van der Waals surface area contributed by atoms with Crippen LogP contribution in [0.4, 0.5) is 0 Å². The Kier molecular flexibility index (Phi) is 3.52. The zero-order chi connectivity index (χ0) is 8.10. The van der Waals surface area contributed by atoms with Crippen LogP contribution in [0.1, 0.15) is 19.3 Å². The van der Waals surface area contributed by atoms with E-state index in [1.54, 1.807) is 0 Å². The van der Waals surface area contributed by atoms with Crippen LogP contribution in [0.15, 0.2) is 0 Å². The van der Waals surface area contributed by atoms with Gasteiger partial charge in [-0.1, -0.05) is 0 Å². The lowest BCUT2D eigenvalue weighted by molar-refractivity contribution is -0.121. The van der Waals surface area contributed by atoms with Gasteiger partial charge in [0.25, 0.3) is 0 Å². The molecule has 1 heterocycles. The molecule has 1 fully saturated rings. The number of likely N-dealkylation sites (tertiary alicyclic amines) is 1. The van der Waals surface area contributed by atoms with Crippen LogP contribution in [0.5, 0.6) is 0 Å². The lowest BCUT2D eigenvalue weighted by Gasteiger charge is -2.25. The van der Waals surface area contributed by atoms with Crippen LogP contribution in [0.3, 0.4) is 0 Å². The van der Waals surface area contributed by atoms with Crippen LogP contribution >= 0.6 is 0 Å². The predicted octanol–water partition coefficient (Wildman–Crippen LogP) is 0.000100. The van der Waals surface area contributed by atoms with Gasteiger partial charge < -0.3 is 10.6 Å². The lowest BCUT2D eigenvalue weighted by atomic mass is 10.1. The smallest absolute Gasteiger partial charge is 0.135 e. The highest BCUT2D eigenvalue weighted by atomic mass is 16.1. The molecule has 0 saturated carbocycles. The standard InChI is InChI=1S/C8H16N2O/c9-4-1-5-10-6-2-8(11)3-7-10/h1-7,9H2. The average Bonchev–Trinajstić information content (AvgIpc) is 2.04. The molecule has 11 heavy (non-hydrogen) atoms. The van der Waals surface area contributed by atoms with E-state index in [1.165, 1.54) is 0 Å². The van der Waals surface area contributed by atoms with E-state index in [9.17, 15) is 4.79 Å². The quantitative estimate of drug-likeness (QED) is 0.625. The van der Waals surface area contributed by atoms with Gasteiger partial charge in [0.05, 0.1) is 0 Å². The molecule has 0 aromatic carbocycles. The zero-order valence-electron chi connectivity index (χ0n) is 6.88. The molecule has 0 spiro atoms. The van der Waals surface area contributed by atoms with Crippen LogP contribution in [-0.2, 0) is 4.79 Å². The van der Waals surface area contributed by atoms with Crippen molar-refractivity contribution in [2.24, 2.45) is 5.73 Å². The molecule has 0 aliphatic carbocycles. The number of hydrogen-bond acceptors (Lipinski definition) is 3. The van der Waals surface area contributed by atoms with E-state index in [0.29, 0.717) is 5.78 Å². The highest BCUT2D eigenvalue weighted by Gasteiger charge is 2.14. The van der Waals surface area contributed by atoms with Gasteiger partial charge in [-0.15, -0.1) is 0 Å². The van der Waals surface area contributed by atoms with Crippen LogP contribution in [0, 0.1) is 0 Å². The van der Waals surface area contributed by atoms with Crippen LogP contribution in [0.2, 0.25) is 0 Å². The minimum atomic E-state index is 0.411. The monoisotopic (exact) mass is 156 g/mol. The summed E-state index contributed by atoms with van der Waals surface area (Å²) in [5.74, 6) is 0.411. The maximum Gasteiger partial charge on any atom is 0.135 e. The maximum atomic E-state index is 10.8. The molecule has 0 unspecified atom stereocenters. The zero-order valence-corrected chi connectivity index (χ0v) is 6.88. The van der Waals surface area contributed by atoms with Crippen molar-refractivity contribution >= 4 is 5.78 Å². The van der Waals surface area contributed by atoms with Gasteiger partial charge in [0.2, 0.25) is 0 Å². The number of Topliss-reactive ketones (excluding diaryl/α,β-unsaturated/α-hetero) is 1. The molecule has 0 aromatic rings. The third-order valence-electron chi connectivity index (χ3n) is 2.09. The van der Waals surface area contributed by atoms with Gasteiger partial charge in [0, 0.05) is 25.9 Å². The fraction of sp³-hybridized carbons (Fsp3) is 0.875. The van der Waals surface area contributed by atoms with Crippen molar-refractivity contribution in [3.63, 3.8) is 0 Å². The second kappa shape index (κ2) is 4.46. The Labute approximate surface area is 67.5 Å². The largest absolute Gasteiger partial charge is 0.330 e. The highest BCUT2D eigenvalue weighted by Crippen LogP contribution is 2.05. The fourth-order valence-electron chi connectivity index (χ4n) is 1.34. The number of rotatable bonds is 3. The topological polar surface area (TPSA) is 46.3 Å². The van der Waals surface area contributed by atoms with E-state index in [0.717, 1.165) is 45.4 Å². The lowest BCUT2D eigenvalue weighted by Crippen LogP contribution is -2.35. The Morgan fingerprint density at radius 1 is 1.36 bits per heavy atom. The van der Waals surface area contributed by atoms with Gasteiger partial charge >= 0.3 is 0 Å². The average molecular weight is 156 g/mol. The number of piperidine rings is 1. The Balaban J connectivity index is 2.12. The Hall–Kier alpha value is -0.410. The number of carbonyl (C=O) groups is 1. The van der Waals surface area contributed by atoms with Gasteiger partial charge in [-0.2, -0.15) is 0 Å². The molecular weight excluding hydrogens is 140 g/mol. The first kappa shape index (κ1) is 8.68. The third kappa shape index (κ3) is 2.99. The van der Waals surface area contributed by atoms with E-state index in [-0.39, 0.29) is 0 Å². The molecule has 0 amide bonds. The summed E-state index contributed by atoms with van der Waals surface area (Å²) in [5.41, 5.74) is 5.38. The van der Waals surface area contributed by atoms with Crippen LogP contribution in [0.25, 0.3) is 0 Å². The summed E-state index contributed by atoms with van der Waals surface area (Å²) in [6, 6.07) is 0. The van der Waals surface area contributed by atoms with Gasteiger partial charge in [0.15, 0.2) is 0 Å². The van der Waals surface area contributed by atoms with Gasteiger partial charge in [-0.25, -0.2) is 0 Å². The summed E-state index contributed by atoms with van der Waals surface area (Å²) in [7, 11) is 0. The molecule has 1 aliphatic rings. The molecule has 0 bridgehead atoms. The van der Waals surface area contributed by atoms with Crippen molar-refractivity contribution in [2.45, 2.75) is 19.3 Å². The summed E-state index contributed by atoms with van der Waals surface area (Å²) in [6.07, 6.45) is 2.53. The molecule has 0 aromatic heterocycles. The highest BCUT2D eigenvalue weighted by molar-refractivity contribution is 5.79. The fourth-order valence-corrected chi connectivity index (χ4v) is 1.34. The van der Waals surface area contributed by atoms with Crippen molar-refractivity contribution < 1.29 is 4.79 Å².